The number of amides is 2. The Bertz CT molecular complexity index is 852. The molecule has 240 valence electrons. The summed E-state index contributed by atoms with van der Waals surface area (Å²) in [6, 6.07) is 0.368. The summed E-state index contributed by atoms with van der Waals surface area (Å²) < 4.78 is 11.8. The number of aliphatic hydroxyl groups excluding tert-OH is 1. The smallest absolute Gasteiger partial charge is 0.223 e. The summed E-state index contributed by atoms with van der Waals surface area (Å²) in [5.74, 6) is 1.65. The van der Waals surface area contributed by atoms with Gasteiger partial charge in [0, 0.05) is 57.6 Å². The first-order chi connectivity index (χ1) is 20.5. The molecule has 5 rings (SSSR count). The fourth-order valence-corrected chi connectivity index (χ4v) is 7.73. The largest absolute Gasteiger partial charge is 0.390 e. The number of rotatable bonds is 12. The van der Waals surface area contributed by atoms with Gasteiger partial charge in [0.25, 0.3) is 0 Å². The highest BCUT2D eigenvalue weighted by molar-refractivity contribution is 5.78. The Kier molecular flexibility index (Phi) is 12.3. The van der Waals surface area contributed by atoms with Gasteiger partial charge in [-0.15, -0.1) is 0 Å². The van der Waals surface area contributed by atoms with Crippen LogP contribution in [0, 0.1) is 17.8 Å². The Labute approximate surface area is 252 Å². The van der Waals surface area contributed by atoms with Gasteiger partial charge in [0.1, 0.15) is 0 Å². The number of aliphatic hydroxyl groups is 1. The molecule has 5 aliphatic rings. The second-order valence-electron chi connectivity index (χ2n) is 13.4. The maximum absolute atomic E-state index is 13.0. The molecule has 1 aliphatic carbocycles. The van der Waals surface area contributed by atoms with Crippen molar-refractivity contribution in [3.63, 3.8) is 0 Å². The van der Waals surface area contributed by atoms with Gasteiger partial charge < -0.3 is 35.0 Å². The molecule has 0 bridgehead atoms. The van der Waals surface area contributed by atoms with Crippen molar-refractivity contribution >= 4 is 11.8 Å². The first kappa shape index (κ1) is 32.1. The van der Waals surface area contributed by atoms with E-state index in [-0.39, 0.29) is 30.0 Å². The lowest BCUT2D eigenvalue weighted by atomic mass is 9.74. The van der Waals surface area contributed by atoms with E-state index in [1.54, 1.807) is 0 Å². The molecular weight excluding hydrogens is 536 g/mol. The van der Waals surface area contributed by atoms with E-state index in [0.29, 0.717) is 56.8 Å². The van der Waals surface area contributed by atoms with Crippen molar-refractivity contribution in [1.29, 1.82) is 0 Å². The van der Waals surface area contributed by atoms with Gasteiger partial charge in [0.05, 0.1) is 37.8 Å². The molecule has 11 nitrogen and oxygen atoms in total. The van der Waals surface area contributed by atoms with Crippen molar-refractivity contribution < 1.29 is 24.2 Å². The number of nitrogens with one attached hydrogen (secondary N) is 4. The highest BCUT2D eigenvalue weighted by atomic mass is 16.5. The lowest BCUT2D eigenvalue weighted by molar-refractivity contribution is -0.132. The van der Waals surface area contributed by atoms with E-state index < -0.39 is 6.10 Å². The van der Waals surface area contributed by atoms with Crippen molar-refractivity contribution in [2.24, 2.45) is 17.8 Å². The Balaban J connectivity index is 0.951. The van der Waals surface area contributed by atoms with Gasteiger partial charge in [-0.2, -0.15) is 0 Å². The molecule has 0 radical (unpaired) electrons. The second kappa shape index (κ2) is 16.1. The van der Waals surface area contributed by atoms with Gasteiger partial charge >= 0.3 is 0 Å². The third-order valence-electron chi connectivity index (χ3n) is 10.2. The Morgan fingerprint density at radius 3 is 2.71 bits per heavy atom. The first-order valence-corrected chi connectivity index (χ1v) is 16.9. The molecule has 5 N–H and O–H groups in total. The van der Waals surface area contributed by atoms with Crippen molar-refractivity contribution in [3.8, 4) is 0 Å². The summed E-state index contributed by atoms with van der Waals surface area (Å²) in [5, 5.41) is 24.3. The van der Waals surface area contributed by atoms with Gasteiger partial charge in [0.2, 0.25) is 11.8 Å². The molecule has 7 atom stereocenters. The standard InChI is InChI=1S/C31H56N6O5/c1-2-3-30(39)37-12-8-25(9-13-37)35-29-15-23(6-10-33-29)31(40)34-16-26(38)19-36-11-7-22-14-27(5-4-24(22)18-36)41-20-28-17-32-21-42-28/h22-29,32-33,35,38H,2-21H2,1H3,(H,34,40)/t22?,23?,24?,26-,27?,28?,29?/m0/s1. The van der Waals surface area contributed by atoms with Crippen LogP contribution in [0.3, 0.4) is 0 Å². The molecule has 4 heterocycles. The van der Waals surface area contributed by atoms with E-state index in [2.05, 4.69) is 26.2 Å². The number of carbonyl (C=O) groups excluding carboxylic acids is 2. The molecule has 4 saturated heterocycles. The number of fused-ring (bicyclic) bond motifs is 1. The Morgan fingerprint density at radius 1 is 1.07 bits per heavy atom. The minimum atomic E-state index is -0.554. The van der Waals surface area contributed by atoms with E-state index in [4.69, 9.17) is 9.47 Å². The van der Waals surface area contributed by atoms with Crippen LogP contribution in [0.15, 0.2) is 0 Å². The Hall–Kier alpha value is -1.34. The van der Waals surface area contributed by atoms with Gasteiger partial charge in [0.15, 0.2) is 0 Å². The van der Waals surface area contributed by atoms with Crippen LogP contribution >= 0.6 is 0 Å². The van der Waals surface area contributed by atoms with Crippen LogP contribution < -0.4 is 21.3 Å². The molecule has 6 unspecified atom stereocenters. The van der Waals surface area contributed by atoms with Crippen molar-refractivity contribution in [3.05, 3.63) is 0 Å². The fraction of sp³-hybridized carbons (Fsp3) is 0.935. The summed E-state index contributed by atoms with van der Waals surface area (Å²) in [6.45, 7) is 9.65. The molecule has 0 aromatic rings. The maximum Gasteiger partial charge on any atom is 0.223 e. The van der Waals surface area contributed by atoms with Crippen molar-refractivity contribution in [2.75, 3.05) is 65.7 Å². The van der Waals surface area contributed by atoms with E-state index in [1.165, 1.54) is 6.42 Å². The molecule has 1 saturated carbocycles. The SMILES string of the molecule is CCCC(=O)N1CCC(NC2CC(C(=O)NC[C@H](O)CN3CCC4CC(OCC5CNCO5)CCC4C3)CCN2)CC1. The number of nitrogens with zero attached hydrogens (tertiary/aromatic N) is 2. The minimum absolute atomic E-state index is 0.0492. The maximum atomic E-state index is 13.0. The second-order valence-corrected chi connectivity index (χ2v) is 13.4. The zero-order valence-corrected chi connectivity index (χ0v) is 25.7. The molecule has 11 heteroatoms. The third-order valence-corrected chi connectivity index (χ3v) is 10.2. The topological polar surface area (TPSA) is 127 Å². The molecule has 4 aliphatic heterocycles. The number of hydrogen-bond donors (Lipinski definition) is 5. The van der Waals surface area contributed by atoms with Crippen molar-refractivity contribution in [2.45, 2.75) is 102 Å². The van der Waals surface area contributed by atoms with Gasteiger partial charge in [-0.05, 0) is 82.7 Å². The highest BCUT2D eigenvalue weighted by Gasteiger charge is 2.36. The fourth-order valence-electron chi connectivity index (χ4n) is 7.73. The van der Waals surface area contributed by atoms with Crippen LogP contribution in [0.5, 0.6) is 0 Å². The van der Waals surface area contributed by atoms with Gasteiger partial charge in [-0.1, -0.05) is 6.92 Å². The highest BCUT2D eigenvalue weighted by Crippen LogP contribution is 2.37. The number of carbonyl (C=O) groups is 2. The summed E-state index contributed by atoms with van der Waals surface area (Å²) in [5.41, 5.74) is 0. The van der Waals surface area contributed by atoms with Crippen LogP contribution in [0.25, 0.3) is 0 Å². The van der Waals surface area contributed by atoms with E-state index in [0.717, 1.165) is 90.6 Å². The predicted molar refractivity (Wildman–Crippen MR) is 161 cm³/mol. The van der Waals surface area contributed by atoms with Crippen LogP contribution in [0.4, 0.5) is 0 Å². The average Bonchev–Trinajstić information content (AvgIpc) is 3.53. The lowest BCUT2D eigenvalue weighted by Gasteiger charge is -2.44. The molecular formula is C31H56N6O5. The van der Waals surface area contributed by atoms with Crippen LogP contribution in [0.1, 0.15) is 71.1 Å². The van der Waals surface area contributed by atoms with Crippen LogP contribution in [0.2, 0.25) is 0 Å². The number of likely N-dealkylation sites (tertiary alicyclic amines) is 2. The summed E-state index contributed by atoms with van der Waals surface area (Å²) in [6.07, 6.45) is 9.69. The number of piperidine rings is 3. The normalized spacial score (nSPS) is 33.7. The zero-order chi connectivity index (χ0) is 29.3. The quantitative estimate of drug-likeness (QED) is 0.222. The monoisotopic (exact) mass is 592 g/mol. The molecule has 2 amide bonds. The Morgan fingerprint density at radius 2 is 1.93 bits per heavy atom. The molecule has 0 aromatic heterocycles. The number of hydrogen-bond acceptors (Lipinski definition) is 9. The molecule has 0 aromatic carbocycles. The number of β-amino-alcohol motifs (C(OH)–C–C–N with tert-alkyl or cyclic N) is 1. The molecule has 0 spiro atoms. The predicted octanol–water partition coefficient (Wildman–Crippen LogP) is 0.623. The lowest BCUT2D eigenvalue weighted by Crippen LogP contribution is -2.56. The van der Waals surface area contributed by atoms with Crippen LogP contribution in [-0.2, 0) is 19.1 Å². The zero-order valence-electron chi connectivity index (χ0n) is 25.7. The molecule has 42 heavy (non-hydrogen) atoms. The van der Waals surface area contributed by atoms with Gasteiger partial charge in [-0.25, -0.2) is 0 Å². The van der Waals surface area contributed by atoms with E-state index in [9.17, 15) is 14.7 Å². The number of ether oxygens (including phenoxy) is 2. The van der Waals surface area contributed by atoms with Crippen molar-refractivity contribution in [1.82, 2.24) is 31.1 Å². The van der Waals surface area contributed by atoms with E-state index in [1.807, 2.05) is 11.8 Å². The van der Waals surface area contributed by atoms with Gasteiger partial charge in [-0.3, -0.25) is 20.2 Å². The molecule has 5 fully saturated rings. The summed E-state index contributed by atoms with van der Waals surface area (Å²) >= 11 is 0. The summed E-state index contributed by atoms with van der Waals surface area (Å²) in [4.78, 5) is 29.6. The van der Waals surface area contributed by atoms with E-state index >= 15 is 0 Å². The minimum Gasteiger partial charge on any atom is -0.390 e. The summed E-state index contributed by atoms with van der Waals surface area (Å²) in [7, 11) is 0. The first-order valence-electron chi connectivity index (χ1n) is 16.9. The van der Waals surface area contributed by atoms with Crippen LogP contribution in [-0.4, -0.2) is 123 Å². The third kappa shape index (κ3) is 9.33. The average molecular weight is 593 g/mol.